The molecule has 1 aromatic rings. The van der Waals surface area contributed by atoms with Gasteiger partial charge in [0.1, 0.15) is 11.6 Å². The van der Waals surface area contributed by atoms with Crippen molar-refractivity contribution in [1.29, 1.82) is 0 Å². The monoisotopic (exact) mass is 314 g/mol. The zero-order valence-corrected chi connectivity index (χ0v) is 12.1. The van der Waals surface area contributed by atoms with Crippen molar-refractivity contribution in [1.82, 2.24) is 4.90 Å². The van der Waals surface area contributed by atoms with Gasteiger partial charge in [0.2, 0.25) is 5.91 Å². The standard InChI is InChI=1S/C14H16ClFN2O3/c15-11-7-10(1-2-12(11)16)21-8-13(19)18-5-3-9(4-6-18)14(17)20/h1-2,7,9H,3-6,8H2,(H2,17,20). The molecule has 1 aliphatic rings. The van der Waals surface area contributed by atoms with Crippen molar-refractivity contribution in [2.45, 2.75) is 12.8 Å². The number of halogens is 2. The Bertz CT molecular complexity index is 545. The first-order valence-electron chi connectivity index (χ1n) is 6.62. The summed E-state index contributed by atoms with van der Waals surface area (Å²) in [5, 5.41) is -0.0535. The number of nitrogens with two attached hydrogens (primary N) is 1. The van der Waals surface area contributed by atoms with Gasteiger partial charge in [0.15, 0.2) is 6.61 Å². The third-order valence-corrected chi connectivity index (χ3v) is 3.79. The van der Waals surface area contributed by atoms with Crippen LogP contribution in [0.2, 0.25) is 5.02 Å². The second-order valence-electron chi connectivity index (χ2n) is 4.92. The quantitative estimate of drug-likeness (QED) is 0.917. The fourth-order valence-electron chi connectivity index (χ4n) is 2.22. The van der Waals surface area contributed by atoms with Crippen LogP contribution in [0.1, 0.15) is 12.8 Å². The van der Waals surface area contributed by atoms with Gasteiger partial charge in [-0.05, 0) is 25.0 Å². The molecule has 0 unspecified atom stereocenters. The molecular weight excluding hydrogens is 299 g/mol. The number of hydrogen-bond donors (Lipinski definition) is 1. The molecule has 1 fully saturated rings. The normalized spacial score (nSPS) is 15.8. The smallest absolute Gasteiger partial charge is 0.260 e. The van der Waals surface area contributed by atoms with E-state index in [0.717, 1.165) is 0 Å². The maximum Gasteiger partial charge on any atom is 0.260 e. The molecule has 1 aromatic carbocycles. The number of benzene rings is 1. The second kappa shape index (κ2) is 6.76. The Morgan fingerprint density at radius 1 is 1.38 bits per heavy atom. The van der Waals surface area contributed by atoms with E-state index in [1.165, 1.54) is 18.2 Å². The lowest BCUT2D eigenvalue weighted by atomic mass is 9.96. The lowest BCUT2D eigenvalue weighted by Gasteiger charge is -2.30. The zero-order chi connectivity index (χ0) is 15.4. The lowest BCUT2D eigenvalue weighted by molar-refractivity contribution is -0.136. The van der Waals surface area contributed by atoms with Gasteiger partial charge in [0, 0.05) is 25.1 Å². The van der Waals surface area contributed by atoms with Crippen LogP contribution >= 0.6 is 11.6 Å². The highest BCUT2D eigenvalue weighted by Gasteiger charge is 2.25. The number of primary amides is 1. The number of rotatable bonds is 4. The predicted octanol–water partition coefficient (Wildman–Crippen LogP) is 1.58. The summed E-state index contributed by atoms with van der Waals surface area (Å²) in [6, 6.07) is 3.91. The number of hydrogen-bond acceptors (Lipinski definition) is 3. The van der Waals surface area contributed by atoms with Crippen molar-refractivity contribution in [3.8, 4) is 5.75 Å². The van der Waals surface area contributed by atoms with Gasteiger partial charge in [-0.25, -0.2) is 4.39 Å². The van der Waals surface area contributed by atoms with Crippen LogP contribution in [0.4, 0.5) is 4.39 Å². The van der Waals surface area contributed by atoms with E-state index in [2.05, 4.69) is 0 Å². The Morgan fingerprint density at radius 2 is 2.05 bits per heavy atom. The third kappa shape index (κ3) is 4.07. The number of amides is 2. The van der Waals surface area contributed by atoms with E-state index in [1.807, 2.05) is 0 Å². The Hall–Kier alpha value is -1.82. The van der Waals surface area contributed by atoms with Gasteiger partial charge in [-0.3, -0.25) is 9.59 Å². The predicted molar refractivity (Wildman–Crippen MR) is 75.4 cm³/mol. The molecule has 114 valence electrons. The molecule has 2 amide bonds. The number of carbonyl (C=O) groups is 2. The zero-order valence-electron chi connectivity index (χ0n) is 11.4. The van der Waals surface area contributed by atoms with Crippen molar-refractivity contribution in [2.75, 3.05) is 19.7 Å². The molecule has 0 spiro atoms. The largest absolute Gasteiger partial charge is 0.484 e. The Labute approximate surface area is 126 Å². The van der Waals surface area contributed by atoms with E-state index in [1.54, 1.807) is 4.90 Å². The molecule has 0 bridgehead atoms. The van der Waals surface area contributed by atoms with E-state index in [9.17, 15) is 14.0 Å². The first-order valence-corrected chi connectivity index (χ1v) is 7.00. The molecule has 0 atom stereocenters. The van der Waals surface area contributed by atoms with Crippen LogP contribution in [0.3, 0.4) is 0 Å². The van der Waals surface area contributed by atoms with Gasteiger partial charge < -0.3 is 15.4 Å². The minimum atomic E-state index is -0.538. The molecule has 1 heterocycles. The first-order chi connectivity index (χ1) is 9.97. The average Bonchev–Trinajstić information content (AvgIpc) is 2.48. The van der Waals surface area contributed by atoms with Gasteiger partial charge in [0.05, 0.1) is 5.02 Å². The summed E-state index contributed by atoms with van der Waals surface area (Å²) in [4.78, 5) is 24.7. The van der Waals surface area contributed by atoms with E-state index < -0.39 is 5.82 Å². The number of piperidine rings is 1. The molecule has 0 saturated carbocycles. The fourth-order valence-corrected chi connectivity index (χ4v) is 2.39. The first kappa shape index (κ1) is 15.6. The van der Waals surface area contributed by atoms with E-state index in [-0.39, 0.29) is 29.4 Å². The topological polar surface area (TPSA) is 72.6 Å². The molecule has 0 radical (unpaired) electrons. The Morgan fingerprint density at radius 3 is 2.62 bits per heavy atom. The molecule has 1 saturated heterocycles. The van der Waals surface area contributed by atoms with Gasteiger partial charge in [-0.2, -0.15) is 0 Å². The molecule has 2 rings (SSSR count). The summed E-state index contributed by atoms with van der Waals surface area (Å²) < 4.78 is 18.3. The molecule has 5 nitrogen and oxygen atoms in total. The third-order valence-electron chi connectivity index (χ3n) is 3.50. The SMILES string of the molecule is NC(=O)C1CCN(C(=O)COc2ccc(F)c(Cl)c2)CC1. The molecule has 2 N–H and O–H groups in total. The van der Waals surface area contributed by atoms with Crippen LogP contribution in [0, 0.1) is 11.7 Å². The minimum Gasteiger partial charge on any atom is -0.484 e. The summed E-state index contributed by atoms with van der Waals surface area (Å²) in [5.74, 6) is -0.866. The number of carbonyl (C=O) groups excluding carboxylic acids is 2. The summed E-state index contributed by atoms with van der Waals surface area (Å²) in [5.41, 5.74) is 5.24. The Kier molecular flexibility index (Phi) is 5.01. The van der Waals surface area contributed by atoms with Crippen molar-refractivity contribution >= 4 is 23.4 Å². The van der Waals surface area contributed by atoms with Gasteiger partial charge in [-0.1, -0.05) is 11.6 Å². The fraction of sp³-hybridized carbons (Fsp3) is 0.429. The van der Waals surface area contributed by atoms with E-state index in [0.29, 0.717) is 31.7 Å². The summed E-state index contributed by atoms with van der Waals surface area (Å²) in [6.07, 6.45) is 1.15. The van der Waals surface area contributed by atoms with Crippen LogP contribution in [0.25, 0.3) is 0 Å². The van der Waals surface area contributed by atoms with E-state index in [4.69, 9.17) is 22.1 Å². The van der Waals surface area contributed by atoms with E-state index >= 15 is 0 Å². The highest BCUT2D eigenvalue weighted by Crippen LogP contribution is 2.21. The van der Waals surface area contributed by atoms with Crippen molar-refractivity contribution in [2.24, 2.45) is 11.7 Å². The van der Waals surface area contributed by atoms with Crippen LogP contribution in [-0.4, -0.2) is 36.4 Å². The second-order valence-corrected chi connectivity index (χ2v) is 5.33. The Balaban J connectivity index is 1.82. The number of ether oxygens (including phenoxy) is 1. The van der Waals surface area contributed by atoms with Gasteiger partial charge in [0.25, 0.3) is 5.91 Å². The summed E-state index contributed by atoms with van der Waals surface area (Å²) in [6.45, 7) is 0.823. The highest BCUT2D eigenvalue weighted by atomic mass is 35.5. The van der Waals surface area contributed by atoms with Crippen molar-refractivity contribution < 1.29 is 18.7 Å². The average molecular weight is 315 g/mol. The number of likely N-dealkylation sites (tertiary alicyclic amines) is 1. The van der Waals surface area contributed by atoms with Crippen LogP contribution in [0.15, 0.2) is 18.2 Å². The maximum atomic E-state index is 13.0. The van der Waals surface area contributed by atoms with Crippen LogP contribution in [-0.2, 0) is 9.59 Å². The molecule has 0 aliphatic carbocycles. The summed E-state index contributed by atoms with van der Waals surface area (Å²) >= 11 is 5.63. The molecule has 1 aliphatic heterocycles. The molecular formula is C14H16ClFN2O3. The maximum absolute atomic E-state index is 13.0. The lowest BCUT2D eigenvalue weighted by Crippen LogP contribution is -2.43. The molecule has 0 aromatic heterocycles. The highest BCUT2D eigenvalue weighted by molar-refractivity contribution is 6.30. The minimum absolute atomic E-state index is 0.0535. The van der Waals surface area contributed by atoms with Crippen LogP contribution in [0.5, 0.6) is 5.75 Å². The molecule has 7 heteroatoms. The van der Waals surface area contributed by atoms with Gasteiger partial charge in [-0.15, -0.1) is 0 Å². The summed E-state index contributed by atoms with van der Waals surface area (Å²) in [7, 11) is 0. The van der Waals surface area contributed by atoms with Crippen molar-refractivity contribution in [3.05, 3.63) is 29.0 Å². The van der Waals surface area contributed by atoms with Gasteiger partial charge >= 0.3 is 0 Å². The van der Waals surface area contributed by atoms with Crippen molar-refractivity contribution in [3.63, 3.8) is 0 Å². The molecule has 21 heavy (non-hydrogen) atoms. The van der Waals surface area contributed by atoms with Crippen LogP contribution < -0.4 is 10.5 Å². The number of nitrogens with zero attached hydrogens (tertiary/aromatic N) is 1.